The number of halogens is 1. The number of hydrogen-bond donors (Lipinski definition) is 3. The van der Waals surface area contributed by atoms with Gasteiger partial charge in [0, 0.05) is 10.2 Å². The van der Waals surface area contributed by atoms with Gasteiger partial charge in [-0.2, -0.15) is 0 Å². The minimum Gasteiger partial charge on any atom is -0.495 e. The van der Waals surface area contributed by atoms with Gasteiger partial charge in [0.25, 0.3) is 15.9 Å². The molecule has 0 radical (unpaired) electrons. The van der Waals surface area contributed by atoms with E-state index in [1.807, 2.05) is 0 Å². The molecule has 3 aromatic rings. The predicted octanol–water partition coefficient (Wildman–Crippen LogP) is 3.61. The van der Waals surface area contributed by atoms with E-state index < -0.39 is 27.9 Å². The summed E-state index contributed by atoms with van der Waals surface area (Å²) in [6, 6.07) is 12.8. The molecule has 0 saturated heterocycles. The second kappa shape index (κ2) is 9.88. The quantitative estimate of drug-likeness (QED) is 0.415. The number of nitrogens with one attached hydrogen (secondary N) is 3. The summed E-state index contributed by atoms with van der Waals surface area (Å²) in [5.74, 6) is -0.807. The van der Waals surface area contributed by atoms with E-state index in [4.69, 9.17) is 9.15 Å². The zero-order chi connectivity index (χ0) is 23.3. The average Bonchev–Trinajstić information content (AvgIpc) is 3.30. The number of benzene rings is 2. The van der Waals surface area contributed by atoms with Gasteiger partial charge >= 0.3 is 0 Å². The third-order valence-electron chi connectivity index (χ3n) is 4.32. The van der Waals surface area contributed by atoms with Crippen LogP contribution in [0.3, 0.4) is 0 Å². The molecule has 0 fully saturated rings. The van der Waals surface area contributed by atoms with Crippen LogP contribution in [0.25, 0.3) is 0 Å². The molecule has 0 bridgehead atoms. The van der Waals surface area contributed by atoms with Crippen molar-refractivity contribution in [1.82, 2.24) is 5.32 Å². The second-order valence-electron chi connectivity index (χ2n) is 6.64. The molecule has 3 rings (SSSR count). The van der Waals surface area contributed by atoms with Gasteiger partial charge in [0.2, 0.25) is 5.91 Å². The lowest BCUT2D eigenvalue weighted by Gasteiger charge is -2.16. The van der Waals surface area contributed by atoms with Crippen LogP contribution in [-0.4, -0.2) is 33.4 Å². The Morgan fingerprint density at radius 1 is 1.09 bits per heavy atom. The highest BCUT2D eigenvalue weighted by atomic mass is 79.9. The normalized spacial score (nSPS) is 12.0. The van der Waals surface area contributed by atoms with E-state index in [-0.39, 0.29) is 22.1 Å². The van der Waals surface area contributed by atoms with Crippen molar-refractivity contribution >= 4 is 49.1 Å². The molecule has 9 nitrogen and oxygen atoms in total. The van der Waals surface area contributed by atoms with Gasteiger partial charge in [-0.3, -0.25) is 14.3 Å². The number of carbonyl (C=O) groups excluding carboxylic acids is 2. The van der Waals surface area contributed by atoms with Crippen LogP contribution in [0, 0.1) is 0 Å². The maximum Gasteiger partial charge on any atom is 0.287 e. The Bertz CT molecular complexity index is 1210. The Hall–Kier alpha value is -3.31. The molecule has 32 heavy (non-hydrogen) atoms. The van der Waals surface area contributed by atoms with Crippen molar-refractivity contribution in [2.24, 2.45) is 0 Å². The lowest BCUT2D eigenvalue weighted by Crippen LogP contribution is -2.41. The summed E-state index contributed by atoms with van der Waals surface area (Å²) in [5, 5.41) is 5.09. The van der Waals surface area contributed by atoms with Crippen molar-refractivity contribution in [2.45, 2.75) is 17.9 Å². The lowest BCUT2D eigenvalue weighted by molar-refractivity contribution is -0.117. The molecule has 0 saturated carbocycles. The van der Waals surface area contributed by atoms with Crippen molar-refractivity contribution in [3.05, 3.63) is 71.1 Å². The Labute approximate surface area is 193 Å². The Morgan fingerprint density at radius 3 is 2.44 bits per heavy atom. The average molecular weight is 522 g/mol. The van der Waals surface area contributed by atoms with Crippen LogP contribution >= 0.6 is 15.9 Å². The van der Waals surface area contributed by atoms with Gasteiger partial charge in [0.1, 0.15) is 11.8 Å². The summed E-state index contributed by atoms with van der Waals surface area (Å²) in [7, 11) is -2.54. The van der Waals surface area contributed by atoms with Crippen LogP contribution in [0.15, 0.2) is 74.6 Å². The SMILES string of the molecule is COc1ccc(S(=O)(=O)Nc2ccc(Br)cc2)cc1NC(=O)C(C)NC(=O)c1ccco1. The molecule has 2 amide bonds. The number of ether oxygens (including phenoxy) is 1. The van der Waals surface area contributed by atoms with E-state index in [0.717, 1.165) is 4.47 Å². The standard InChI is InChI=1S/C21H20BrN3O6S/c1-13(23-21(27)19-4-3-11-31-19)20(26)24-17-12-16(9-10-18(17)30-2)32(28,29)25-15-7-5-14(22)6-8-15/h3-13,25H,1-2H3,(H,23,27)(H,24,26). The van der Waals surface area contributed by atoms with Crippen LogP contribution in [0.1, 0.15) is 17.5 Å². The first-order valence-electron chi connectivity index (χ1n) is 9.31. The van der Waals surface area contributed by atoms with Crippen LogP contribution in [0.2, 0.25) is 0 Å². The molecule has 0 aliphatic heterocycles. The van der Waals surface area contributed by atoms with Crippen LogP contribution in [-0.2, 0) is 14.8 Å². The fourth-order valence-corrected chi connectivity index (χ4v) is 4.01. The number of sulfonamides is 1. The summed E-state index contributed by atoms with van der Waals surface area (Å²) in [6.07, 6.45) is 1.35. The highest BCUT2D eigenvalue weighted by molar-refractivity contribution is 9.10. The van der Waals surface area contributed by atoms with Gasteiger partial charge in [-0.25, -0.2) is 8.42 Å². The number of hydrogen-bond acceptors (Lipinski definition) is 6. The molecule has 1 atom stereocenters. The van der Waals surface area contributed by atoms with Crippen molar-refractivity contribution in [1.29, 1.82) is 0 Å². The summed E-state index contributed by atoms with van der Waals surface area (Å²) < 4.78 is 39.1. The Balaban J connectivity index is 1.77. The number of furan rings is 1. The summed E-state index contributed by atoms with van der Waals surface area (Å²) >= 11 is 3.29. The van der Waals surface area contributed by atoms with Crippen LogP contribution < -0.4 is 20.1 Å². The van der Waals surface area contributed by atoms with Crippen molar-refractivity contribution in [3.63, 3.8) is 0 Å². The molecular weight excluding hydrogens is 502 g/mol. The molecule has 11 heteroatoms. The van der Waals surface area contributed by atoms with E-state index >= 15 is 0 Å². The monoisotopic (exact) mass is 521 g/mol. The van der Waals surface area contributed by atoms with Crippen LogP contribution in [0.5, 0.6) is 5.75 Å². The molecule has 0 aliphatic rings. The topological polar surface area (TPSA) is 127 Å². The molecule has 2 aromatic carbocycles. The Kier molecular flexibility index (Phi) is 7.21. The fourth-order valence-electron chi connectivity index (χ4n) is 2.67. The molecule has 0 spiro atoms. The summed E-state index contributed by atoms with van der Waals surface area (Å²) in [5.41, 5.74) is 0.513. The van der Waals surface area contributed by atoms with Crippen molar-refractivity contribution in [2.75, 3.05) is 17.1 Å². The van der Waals surface area contributed by atoms with E-state index in [0.29, 0.717) is 5.69 Å². The smallest absolute Gasteiger partial charge is 0.287 e. The van der Waals surface area contributed by atoms with Crippen molar-refractivity contribution in [3.8, 4) is 5.75 Å². The minimum absolute atomic E-state index is 0.0642. The fraction of sp³-hybridized carbons (Fsp3) is 0.143. The maximum absolute atomic E-state index is 12.8. The van der Waals surface area contributed by atoms with Gasteiger partial charge in [-0.05, 0) is 61.5 Å². The van der Waals surface area contributed by atoms with E-state index in [1.165, 1.54) is 44.6 Å². The highest BCUT2D eigenvalue weighted by Crippen LogP contribution is 2.29. The first kappa shape index (κ1) is 23.4. The third-order valence-corrected chi connectivity index (χ3v) is 6.23. The highest BCUT2D eigenvalue weighted by Gasteiger charge is 2.21. The van der Waals surface area contributed by atoms with Crippen molar-refractivity contribution < 1.29 is 27.2 Å². The van der Waals surface area contributed by atoms with Gasteiger partial charge in [0.15, 0.2) is 5.76 Å². The molecule has 3 N–H and O–H groups in total. The van der Waals surface area contributed by atoms with Gasteiger partial charge in [-0.15, -0.1) is 0 Å². The van der Waals surface area contributed by atoms with Crippen LogP contribution in [0.4, 0.5) is 11.4 Å². The molecular formula is C21H20BrN3O6S. The molecule has 1 aromatic heterocycles. The number of rotatable bonds is 8. The number of methoxy groups -OCH3 is 1. The summed E-state index contributed by atoms with van der Waals surface area (Å²) in [4.78, 5) is 24.6. The minimum atomic E-state index is -3.93. The number of amides is 2. The zero-order valence-electron chi connectivity index (χ0n) is 17.1. The first-order valence-corrected chi connectivity index (χ1v) is 11.6. The summed E-state index contributed by atoms with van der Waals surface area (Å²) in [6.45, 7) is 1.48. The lowest BCUT2D eigenvalue weighted by atomic mass is 10.2. The van der Waals surface area contributed by atoms with Gasteiger partial charge in [-0.1, -0.05) is 15.9 Å². The number of anilines is 2. The predicted molar refractivity (Wildman–Crippen MR) is 122 cm³/mol. The molecule has 1 unspecified atom stereocenters. The van der Waals surface area contributed by atoms with E-state index in [9.17, 15) is 18.0 Å². The molecule has 0 aliphatic carbocycles. The molecule has 1 heterocycles. The third kappa shape index (κ3) is 5.68. The zero-order valence-corrected chi connectivity index (χ0v) is 19.5. The van der Waals surface area contributed by atoms with E-state index in [2.05, 4.69) is 31.3 Å². The Morgan fingerprint density at radius 2 is 1.81 bits per heavy atom. The number of carbonyl (C=O) groups is 2. The van der Waals surface area contributed by atoms with Gasteiger partial charge in [0.05, 0.1) is 24.0 Å². The van der Waals surface area contributed by atoms with E-state index in [1.54, 1.807) is 30.3 Å². The largest absolute Gasteiger partial charge is 0.495 e. The van der Waals surface area contributed by atoms with Gasteiger partial charge < -0.3 is 19.8 Å². The molecule has 168 valence electrons. The first-order chi connectivity index (χ1) is 15.2. The second-order valence-corrected chi connectivity index (χ2v) is 9.23. The maximum atomic E-state index is 12.8.